The molecule has 2 heterocycles. The summed E-state index contributed by atoms with van der Waals surface area (Å²) >= 11 is 11.9. The van der Waals surface area contributed by atoms with Gasteiger partial charge in [-0.25, -0.2) is 5.43 Å². The molecule has 0 bridgehead atoms. The van der Waals surface area contributed by atoms with Gasteiger partial charge in [0.25, 0.3) is 11.8 Å². The van der Waals surface area contributed by atoms with Crippen molar-refractivity contribution < 1.29 is 18.7 Å². The zero-order valence-corrected chi connectivity index (χ0v) is 19.2. The Balaban J connectivity index is 1.44. The molecule has 4 rings (SSSR count). The fourth-order valence-electron chi connectivity index (χ4n) is 3.52. The second-order valence-corrected chi connectivity index (χ2v) is 8.20. The number of pyridine rings is 1. The Kier molecular flexibility index (Phi) is 6.96. The van der Waals surface area contributed by atoms with Crippen LogP contribution in [0.4, 0.5) is 5.69 Å². The van der Waals surface area contributed by atoms with E-state index < -0.39 is 5.91 Å². The van der Waals surface area contributed by atoms with Crippen molar-refractivity contribution in [3.8, 4) is 5.75 Å². The van der Waals surface area contributed by atoms with Crippen molar-refractivity contribution in [2.75, 3.05) is 11.9 Å². The van der Waals surface area contributed by atoms with Crippen LogP contribution in [0.1, 0.15) is 40.3 Å². The molecule has 0 atom stereocenters. The number of halogens is 2. The second-order valence-electron chi connectivity index (χ2n) is 7.36. The molecule has 2 aromatic heterocycles. The average Bonchev–Trinajstić information content (AvgIpc) is 3.15. The summed E-state index contributed by atoms with van der Waals surface area (Å²) < 4.78 is 11.3. The summed E-state index contributed by atoms with van der Waals surface area (Å²) in [7, 11) is 0. The number of hydrogen-bond donors (Lipinski definition) is 2. The van der Waals surface area contributed by atoms with Gasteiger partial charge < -0.3 is 14.5 Å². The smallest absolute Gasteiger partial charge is 0.291 e. The number of nitrogens with zero attached hydrogens (tertiary/aromatic N) is 2. The molecule has 0 fully saturated rings. The van der Waals surface area contributed by atoms with Crippen LogP contribution in [-0.4, -0.2) is 29.1 Å². The molecule has 0 saturated heterocycles. The number of fused-ring (bicyclic) bond motifs is 1. The molecule has 3 aromatic rings. The zero-order valence-electron chi connectivity index (χ0n) is 17.7. The number of carbonyl (C=O) groups excluding carboxylic acids is 2. The molecule has 2 N–H and O–H groups in total. The molecule has 33 heavy (non-hydrogen) atoms. The van der Waals surface area contributed by atoms with Crippen LogP contribution in [0, 0.1) is 6.92 Å². The first-order valence-corrected chi connectivity index (χ1v) is 10.9. The monoisotopic (exact) mass is 486 g/mol. The highest BCUT2D eigenvalue weighted by Crippen LogP contribution is 2.30. The van der Waals surface area contributed by atoms with Crippen molar-refractivity contribution >= 4 is 46.4 Å². The van der Waals surface area contributed by atoms with Crippen molar-refractivity contribution in [3.63, 3.8) is 0 Å². The van der Waals surface area contributed by atoms with Crippen LogP contribution >= 0.6 is 23.2 Å². The maximum absolute atomic E-state index is 12.7. The number of ether oxygens (including phenoxy) is 1. The molecule has 1 aliphatic carbocycles. The van der Waals surface area contributed by atoms with Crippen molar-refractivity contribution in [2.45, 2.75) is 26.2 Å². The van der Waals surface area contributed by atoms with Gasteiger partial charge in [0.05, 0.1) is 22.6 Å². The van der Waals surface area contributed by atoms with Crippen molar-refractivity contribution in [2.24, 2.45) is 5.10 Å². The molecule has 0 aliphatic heterocycles. The van der Waals surface area contributed by atoms with E-state index in [1.807, 2.05) is 0 Å². The second kappa shape index (κ2) is 10.1. The number of hydrazone groups is 1. The van der Waals surface area contributed by atoms with Gasteiger partial charge in [-0.3, -0.25) is 14.6 Å². The minimum absolute atomic E-state index is 0.213. The Morgan fingerprint density at radius 3 is 2.85 bits per heavy atom. The van der Waals surface area contributed by atoms with E-state index in [1.165, 1.54) is 6.07 Å². The highest BCUT2D eigenvalue weighted by atomic mass is 35.5. The topological polar surface area (TPSA) is 106 Å². The predicted octanol–water partition coefficient (Wildman–Crippen LogP) is 4.78. The van der Waals surface area contributed by atoms with Crippen LogP contribution in [0.5, 0.6) is 5.75 Å². The number of carbonyl (C=O) groups is 2. The summed E-state index contributed by atoms with van der Waals surface area (Å²) in [5, 5.41) is 7.83. The third-order valence-corrected chi connectivity index (χ3v) is 5.55. The summed E-state index contributed by atoms with van der Waals surface area (Å²) in [6.45, 7) is 1.53. The number of amides is 2. The molecule has 2 amide bonds. The van der Waals surface area contributed by atoms with Crippen molar-refractivity contribution in [3.05, 3.63) is 75.4 Å². The largest absolute Gasteiger partial charge is 0.482 e. The molecule has 10 heteroatoms. The molecule has 170 valence electrons. The lowest BCUT2D eigenvalue weighted by Crippen LogP contribution is -2.27. The molecule has 0 spiro atoms. The first kappa shape index (κ1) is 22.8. The van der Waals surface area contributed by atoms with E-state index >= 15 is 0 Å². The van der Waals surface area contributed by atoms with Crippen LogP contribution in [0.2, 0.25) is 10.0 Å². The maximum Gasteiger partial charge on any atom is 0.291 e. The molecule has 1 aliphatic rings. The van der Waals surface area contributed by atoms with Gasteiger partial charge in [0.15, 0.2) is 12.4 Å². The third-order valence-electron chi connectivity index (χ3n) is 5.02. The van der Waals surface area contributed by atoms with Crippen LogP contribution in [0.15, 0.2) is 52.2 Å². The Morgan fingerprint density at radius 2 is 2.09 bits per heavy atom. The lowest BCUT2D eigenvalue weighted by molar-refractivity contribution is -0.123. The quantitative estimate of drug-likeness (QED) is 0.487. The van der Waals surface area contributed by atoms with Crippen molar-refractivity contribution in [1.29, 1.82) is 0 Å². The van der Waals surface area contributed by atoms with Crippen LogP contribution in [-0.2, 0) is 11.2 Å². The first-order chi connectivity index (χ1) is 15.9. The summed E-state index contributed by atoms with van der Waals surface area (Å²) in [4.78, 5) is 28.9. The van der Waals surface area contributed by atoms with E-state index in [2.05, 4.69) is 20.8 Å². The van der Waals surface area contributed by atoms with Crippen LogP contribution < -0.4 is 15.5 Å². The summed E-state index contributed by atoms with van der Waals surface area (Å²) in [5.41, 5.74) is 5.14. The molecular formula is C23H20Cl2N4O4. The minimum Gasteiger partial charge on any atom is -0.482 e. The van der Waals surface area contributed by atoms with Crippen LogP contribution in [0.3, 0.4) is 0 Å². The van der Waals surface area contributed by atoms with Crippen molar-refractivity contribution in [1.82, 2.24) is 10.4 Å². The Morgan fingerprint density at radius 1 is 1.24 bits per heavy atom. The summed E-state index contributed by atoms with van der Waals surface area (Å²) in [5.74, 6) is 0.416. The van der Waals surface area contributed by atoms with Gasteiger partial charge in [-0.15, -0.1) is 0 Å². The van der Waals surface area contributed by atoms with Gasteiger partial charge in [0.2, 0.25) is 0 Å². The van der Waals surface area contributed by atoms with E-state index in [4.69, 9.17) is 32.4 Å². The zero-order chi connectivity index (χ0) is 23.4. The summed E-state index contributed by atoms with van der Waals surface area (Å²) in [6.07, 6.45) is 5.29. The molecule has 0 radical (unpaired) electrons. The number of rotatable bonds is 6. The van der Waals surface area contributed by atoms with Gasteiger partial charge in [-0.05, 0) is 50.1 Å². The highest BCUT2D eigenvalue weighted by Gasteiger charge is 2.28. The standard InChI is InChI=1S/C23H20Cl2N4O4/c1-13-21-17(28-29-20(30)12-32-18-8-7-14(24)10-16(18)25)5-2-6-19(21)33-22(13)23(31)27-15-4-3-9-26-11-15/h3-4,7-11H,2,5-6,12H2,1H3,(H,27,31)(H,29,30)/b28-17+. The van der Waals surface area contributed by atoms with Crippen LogP contribution in [0.25, 0.3) is 0 Å². The van der Waals surface area contributed by atoms with E-state index in [0.29, 0.717) is 51.4 Å². The molecule has 1 aromatic carbocycles. The highest BCUT2D eigenvalue weighted by molar-refractivity contribution is 6.35. The maximum atomic E-state index is 12.7. The van der Waals surface area contributed by atoms with E-state index in [0.717, 1.165) is 12.0 Å². The fraction of sp³-hybridized carbons (Fsp3) is 0.217. The average molecular weight is 487 g/mol. The Hall–Kier alpha value is -3.36. The van der Waals surface area contributed by atoms with Gasteiger partial charge >= 0.3 is 0 Å². The summed E-state index contributed by atoms with van der Waals surface area (Å²) in [6, 6.07) is 8.21. The lowest BCUT2D eigenvalue weighted by Gasteiger charge is -2.13. The van der Waals surface area contributed by atoms with Gasteiger partial charge in [-0.1, -0.05) is 23.2 Å². The molecular weight excluding hydrogens is 467 g/mol. The minimum atomic E-state index is -0.448. The van der Waals surface area contributed by atoms with E-state index in [1.54, 1.807) is 43.6 Å². The first-order valence-electron chi connectivity index (χ1n) is 10.2. The number of furan rings is 1. The molecule has 0 saturated carbocycles. The number of anilines is 1. The number of hydrogen-bond acceptors (Lipinski definition) is 6. The Labute approximate surface area is 199 Å². The van der Waals surface area contributed by atoms with Gasteiger partial charge in [0.1, 0.15) is 11.5 Å². The number of aryl methyl sites for hydroxylation is 1. The Bertz CT molecular complexity index is 1220. The van der Waals surface area contributed by atoms with Gasteiger partial charge in [0, 0.05) is 28.8 Å². The van der Waals surface area contributed by atoms with E-state index in [9.17, 15) is 9.59 Å². The lowest BCUT2D eigenvalue weighted by atomic mass is 9.93. The molecule has 0 unspecified atom stereocenters. The normalized spacial score (nSPS) is 14.0. The fourth-order valence-corrected chi connectivity index (χ4v) is 3.98. The van der Waals surface area contributed by atoms with E-state index in [-0.39, 0.29) is 18.3 Å². The third kappa shape index (κ3) is 5.35. The number of aromatic nitrogens is 1. The number of nitrogens with one attached hydrogen (secondary N) is 2. The SMILES string of the molecule is Cc1c(C(=O)Nc2cccnc2)oc2c1/C(=N/NC(=O)COc1ccc(Cl)cc1Cl)CCC2. The number of benzene rings is 1. The predicted molar refractivity (Wildman–Crippen MR) is 125 cm³/mol. The molecule has 8 nitrogen and oxygen atoms in total. The van der Waals surface area contributed by atoms with Gasteiger partial charge in [-0.2, -0.15) is 5.10 Å².